The summed E-state index contributed by atoms with van der Waals surface area (Å²) in [5, 5.41) is 5.04. The van der Waals surface area contributed by atoms with Gasteiger partial charge in [0.2, 0.25) is 5.91 Å². The summed E-state index contributed by atoms with van der Waals surface area (Å²) in [5.41, 5.74) is -6.34. The molecule has 0 heterocycles. The fraction of sp³-hybridized carbons (Fsp3) is 0.579. The summed E-state index contributed by atoms with van der Waals surface area (Å²) in [6.45, 7) is 5.05. The predicted molar refractivity (Wildman–Crippen MR) is 105 cm³/mol. The molecule has 31 heavy (non-hydrogen) atoms. The largest absolute Gasteiger partial charge is 0.501 e. The first-order valence-corrected chi connectivity index (χ1v) is 10.9. The van der Waals surface area contributed by atoms with Crippen molar-refractivity contribution in [1.82, 2.24) is 5.32 Å². The molecule has 0 bridgehead atoms. The molecular formula is C19H25F3N2O6S. The van der Waals surface area contributed by atoms with Crippen LogP contribution in [0.15, 0.2) is 29.2 Å². The van der Waals surface area contributed by atoms with Gasteiger partial charge in [-0.2, -0.15) is 13.2 Å². The van der Waals surface area contributed by atoms with Crippen LogP contribution in [0.2, 0.25) is 0 Å². The second kappa shape index (κ2) is 9.03. The molecule has 3 atom stereocenters. The number of anilines is 1. The molecule has 1 saturated carbocycles. The average Bonchev–Trinajstić information content (AvgIpc) is 3.01. The molecule has 2 N–H and O–H groups in total. The van der Waals surface area contributed by atoms with Gasteiger partial charge in [-0.1, -0.05) is 6.07 Å². The third kappa shape index (κ3) is 6.10. The zero-order valence-corrected chi connectivity index (χ0v) is 18.3. The number of carbonyl (C=O) groups is 2. The Morgan fingerprint density at radius 1 is 1.13 bits per heavy atom. The highest BCUT2D eigenvalue weighted by molar-refractivity contribution is 7.92. The fourth-order valence-corrected chi connectivity index (χ4v) is 4.07. The van der Waals surface area contributed by atoms with E-state index in [2.05, 4.69) is 10.6 Å². The van der Waals surface area contributed by atoms with Crippen molar-refractivity contribution < 1.29 is 40.7 Å². The van der Waals surface area contributed by atoms with Crippen LogP contribution in [-0.2, 0) is 24.1 Å². The smallest absolute Gasteiger partial charge is 0.444 e. The zero-order valence-electron chi connectivity index (χ0n) is 17.4. The number of hydrogen-bond donors (Lipinski definition) is 2. The number of sulfone groups is 1. The van der Waals surface area contributed by atoms with E-state index in [4.69, 9.17) is 9.47 Å². The number of carbonyl (C=O) groups excluding carboxylic acids is 2. The quantitative estimate of drug-likeness (QED) is 0.689. The van der Waals surface area contributed by atoms with Crippen LogP contribution in [-0.4, -0.2) is 50.8 Å². The van der Waals surface area contributed by atoms with Crippen LogP contribution in [0.4, 0.5) is 23.7 Å². The molecular weight excluding hydrogens is 441 g/mol. The summed E-state index contributed by atoms with van der Waals surface area (Å²) >= 11 is 0. The molecule has 1 aromatic rings. The normalized spacial score (nSPS) is 22.1. The van der Waals surface area contributed by atoms with Crippen LogP contribution < -0.4 is 10.6 Å². The topological polar surface area (TPSA) is 111 Å². The van der Waals surface area contributed by atoms with Gasteiger partial charge in [-0.3, -0.25) is 4.79 Å². The monoisotopic (exact) mass is 466 g/mol. The van der Waals surface area contributed by atoms with Gasteiger partial charge in [0.15, 0.2) is 0 Å². The first-order valence-electron chi connectivity index (χ1n) is 9.40. The Balaban J connectivity index is 2.18. The number of hydrogen-bond acceptors (Lipinski definition) is 6. The van der Waals surface area contributed by atoms with E-state index in [-0.39, 0.29) is 5.69 Å². The number of halogens is 3. The van der Waals surface area contributed by atoms with Crippen molar-refractivity contribution in [3.63, 3.8) is 0 Å². The highest BCUT2D eigenvalue weighted by Gasteiger charge is 2.47. The molecule has 0 aliphatic heterocycles. The van der Waals surface area contributed by atoms with Crippen LogP contribution in [0.25, 0.3) is 0 Å². The molecule has 1 fully saturated rings. The van der Waals surface area contributed by atoms with Crippen LogP contribution in [0.1, 0.15) is 33.6 Å². The molecule has 2 rings (SSSR count). The van der Waals surface area contributed by atoms with E-state index in [0.717, 1.165) is 18.2 Å². The zero-order chi connectivity index (χ0) is 23.6. The molecule has 0 saturated heterocycles. The maximum atomic E-state index is 12.8. The van der Waals surface area contributed by atoms with E-state index in [1.54, 1.807) is 20.8 Å². The van der Waals surface area contributed by atoms with Crippen molar-refractivity contribution >= 4 is 27.5 Å². The van der Waals surface area contributed by atoms with E-state index >= 15 is 0 Å². The lowest BCUT2D eigenvalue weighted by molar-refractivity contribution is -0.120. The van der Waals surface area contributed by atoms with Crippen molar-refractivity contribution in [2.75, 3.05) is 12.4 Å². The van der Waals surface area contributed by atoms with Gasteiger partial charge in [-0.05, 0) is 51.8 Å². The molecule has 0 aromatic heterocycles. The summed E-state index contributed by atoms with van der Waals surface area (Å²) in [5.74, 6) is -1.36. The fourth-order valence-electron chi connectivity index (χ4n) is 3.27. The Morgan fingerprint density at radius 2 is 1.77 bits per heavy atom. The summed E-state index contributed by atoms with van der Waals surface area (Å²) in [4.78, 5) is 24.0. The molecule has 0 unspecified atom stereocenters. The molecule has 8 nitrogen and oxygen atoms in total. The van der Waals surface area contributed by atoms with Gasteiger partial charge in [-0.15, -0.1) is 0 Å². The predicted octanol–water partition coefficient (Wildman–Crippen LogP) is 3.24. The Bertz CT molecular complexity index is 927. The first kappa shape index (κ1) is 24.9. The van der Waals surface area contributed by atoms with Crippen LogP contribution in [0, 0.1) is 5.92 Å². The van der Waals surface area contributed by atoms with Gasteiger partial charge in [0.1, 0.15) is 5.60 Å². The van der Waals surface area contributed by atoms with Crippen molar-refractivity contribution in [1.29, 1.82) is 0 Å². The molecule has 174 valence electrons. The summed E-state index contributed by atoms with van der Waals surface area (Å²) in [6, 6.07) is 3.16. The van der Waals surface area contributed by atoms with Crippen LogP contribution >= 0.6 is 0 Å². The van der Waals surface area contributed by atoms with E-state index in [1.807, 2.05) is 0 Å². The summed E-state index contributed by atoms with van der Waals surface area (Å²) in [7, 11) is -4.12. The maximum Gasteiger partial charge on any atom is 0.501 e. The Labute approximate surface area is 178 Å². The molecule has 0 spiro atoms. The Hall–Kier alpha value is -2.34. The van der Waals surface area contributed by atoms with Crippen molar-refractivity contribution in [3.8, 4) is 0 Å². The standard InChI is InChI=1S/C19H25F3N2O6S/c1-18(2,3)30-17(26)24-15-13(8-9-14(15)29-4)16(25)23-11-6-5-7-12(10-11)31(27,28)19(20,21)22/h5-7,10,13-15H,8-9H2,1-4H3,(H,23,25)(H,24,26)/t13-,14-,15-/m0/s1. The number of nitrogens with one attached hydrogen (secondary N) is 2. The second-order valence-corrected chi connectivity index (χ2v) is 10.0. The number of methoxy groups -OCH3 is 1. The highest BCUT2D eigenvalue weighted by atomic mass is 32.2. The van der Waals surface area contributed by atoms with Crippen molar-refractivity contribution in [3.05, 3.63) is 24.3 Å². The van der Waals surface area contributed by atoms with Crippen LogP contribution in [0.5, 0.6) is 0 Å². The molecule has 1 aromatic carbocycles. The lowest BCUT2D eigenvalue weighted by atomic mass is 10.0. The van der Waals surface area contributed by atoms with Gasteiger partial charge < -0.3 is 20.1 Å². The summed E-state index contributed by atoms with van der Waals surface area (Å²) < 4.78 is 72.1. The van der Waals surface area contributed by atoms with Crippen molar-refractivity contribution in [2.45, 2.75) is 61.8 Å². The van der Waals surface area contributed by atoms with Gasteiger partial charge in [0, 0.05) is 12.8 Å². The second-order valence-electron chi connectivity index (χ2n) is 8.10. The summed E-state index contributed by atoms with van der Waals surface area (Å²) in [6.07, 6.45) is -0.416. The number of amides is 2. The number of rotatable bonds is 5. The molecule has 1 aliphatic rings. The van der Waals surface area contributed by atoms with E-state index in [9.17, 15) is 31.2 Å². The lowest BCUT2D eigenvalue weighted by Gasteiger charge is -2.27. The third-order valence-electron chi connectivity index (χ3n) is 4.64. The minimum Gasteiger partial charge on any atom is -0.444 e. The maximum absolute atomic E-state index is 12.8. The number of alkyl halides is 3. The molecule has 12 heteroatoms. The number of ether oxygens (including phenoxy) is 2. The number of alkyl carbamates (subject to hydrolysis) is 1. The van der Waals surface area contributed by atoms with E-state index in [0.29, 0.717) is 12.8 Å². The first-order chi connectivity index (χ1) is 14.2. The third-order valence-corrected chi connectivity index (χ3v) is 6.12. The Morgan fingerprint density at radius 3 is 2.32 bits per heavy atom. The van der Waals surface area contributed by atoms with Gasteiger partial charge >= 0.3 is 11.6 Å². The SMILES string of the molecule is CO[C@H]1CC[C@H](C(=O)Nc2cccc(S(=O)(=O)C(F)(F)F)c2)[C@@H]1NC(=O)OC(C)(C)C. The minimum absolute atomic E-state index is 0.118. The molecule has 0 radical (unpaired) electrons. The van der Waals surface area contributed by atoms with Crippen molar-refractivity contribution in [2.24, 2.45) is 5.92 Å². The minimum atomic E-state index is -5.56. The van der Waals surface area contributed by atoms with Gasteiger partial charge in [0.25, 0.3) is 9.84 Å². The Kier molecular flexibility index (Phi) is 7.26. The van der Waals surface area contributed by atoms with Gasteiger partial charge in [-0.25, -0.2) is 13.2 Å². The van der Waals surface area contributed by atoms with Crippen LogP contribution in [0.3, 0.4) is 0 Å². The number of benzene rings is 1. The van der Waals surface area contributed by atoms with Gasteiger partial charge in [0.05, 0.1) is 23.0 Å². The van der Waals surface area contributed by atoms with E-state index < -0.39 is 55.9 Å². The van der Waals surface area contributed by atoms with E-state index in [1.165, 1.54) is 13.2 Å². The average molecular weight is 466 g/mol. The molecule has 2 amide bonds. The highest BCUT2D eigenvalue weighted by Crippen LogP contribution is 2.33. The molecule has 1 aliphatic carbocycles. The lowest BCUT2D eigenvalue weighted by Crippen LogP contribution is -2.49.